The molecule has 1 aliphatic heterocycles. The van der Waals surface area contributed by atoms with Crippen molar-refractivity contribution in [2.45, 2.75) is 5.92 Å². The highest BCUT2D eigenvalue weighted by Crippen LogP contribution is 2.27. The Morgan fingerprint density at radius 3 is 2.63 bits per heavy atom. The molecule has 1 aromatic carbocycles. The van der Waals surface area contributed by atoms with Gasteiger partial charge in [0.15, 0.2) is 0 Å². The van der Waals surface area contributed by atoms with Crippen LogP contribution in [0.25, 0.3) is 11.6 Å². The van der Waals surface area contributed by atoms with Crippen LogP contribution >= 0.6 is 0 Å². The van der Waals surface area contributed by atoms with E-state index in [0.29, 0.717) is 24.9 Å². The van der Waals surface area contributed by atoms with Gasteiger partial charge in [-0.15, -0.1) is 0 Å². The number of carbonyl (C=O) groups is 1. The standard InChI is InChI=1S/C16H16N8O3/c1-23(10-5-3-2-4-6-10)15-20-11(19-14(17)21-15)12-18-13(27-22-12)9-7-24(8-9)16(25)26/h2-6,9H,7-8H2,1H3,(H,25,26)(H2,17,19,20,21). The highest BCUT2D eigenvalue weighted by molar-refractivity contribution is 5.66. The average molecular weight is 368 g/mol. The van der Waals surface area contributed by atoms with Gasteiger partial charge in [-0.1, -0.05) is 23.4 Å². The Bertz CT molecular complexity index is 971. The zero-order chi connectivity index (χ0) is 19.0. The number of aromatic nitrogens is 5. The van der Waals surface area contributed by atoms with Crippen LogP contribution in [0.15, 0.2) is 34.9 Å². The number of benzene rings is 1. The van der Waals surface area contributed by atoms with E-state index in [1.54, 1.807) is 4.90 Å². The van der Waals surface area contributed by atoms with Gasteiger partial charge in [0, 0.05) is 25.8 Å². The van der Waals surface area contributed by atoms with Gasteiger partial charge < -0.3 is 25.2 Å². The summed E-state index contributed by atoms with van der Waals surface area (Å²) >= 11 is 0. The predicted octanol–water partition coefficient (Wildman–Crippen LogP) is 1.35. The fraction of sp³-hybridized carbons (Fsp3) is 0.250. The van der Waals surface area contributed by atoms with Crippen molar-refractivity contribution in [3.05, 3.63) is 36.2 Å². The van der Waals surface area contributed by atoms with E-state index in [0.717, 1.165) is 5.69 Å². The maximum Gasteiger partial charge on any atom is 0.407 e. The van der Waals surface area contributed by atoms with E-state index >= 15 is 0 Å². The largest absolute Gasteiger partial charge is 0.465 e. The molecular weight excluding hydrogens is 352 g/mol. The minimum atomic E-state index is -0.968. The number of hydrogen-bond acceptors (Lipinski definition) is 9. The van der Waals surface area contributed by atoms with Crippen LogP contribution in [0.3, 0.4) is 0 Å². The van der Waals surface area contributed by atoms with Gasteiger partial charge in [0.05, 0.1) is 5.92 Å². The average Bonchev–Trinajstić information content (AvgIpc) is 3.09. The summed E-state index contributed by atoms with van der Waals surface area (Å²) in [6.07, 6.45) is -0.968. The van der Waals surface area contributed by atoms with Crippen molar-refractivity contribution in [2.75, 3.05) is 30.8 Å². The molecule has 0 atom stereocenters. The first kappa shape index (κ1) is 16.7. The third-order valence-electron chi connectivity index (χ3n) is 4.23. The molecule has 27 heavy (non-hydrogen) atoms. The topological polar surface area (TPSA) is 147 Å². The van der Waals surface area contributed by atoms with E-state index < -0.39 is 6.09 Å². The molecule has 1 aliphatic rings. The fourth-order valence-electron chi connectivity index (χ4n) is 2.68. The fourth-order valence-corrected chi connectivity index (χ4v) is 2.68. The van der Waals surface area contributed by atoms with Crippen LogP contribution in [-0.2, 0) is 0 Å². The summed E-state index contributed by atoms with van der Waals surface area (Å²) in [6.45, 7) is 0.636. The Kier molecular flexibility index (Phi) is 4.03. The first-order chi connectivity index (χ1) is 13.0. The van der Waals surface area contributed by atoms with Gasteiger partial charge in [0.25, 0.3) is 0 Å². The predicted molar refractivity (Wildman–Crippen MR) is 94.4 cm³/mol. The van der Waals surface area contributed by atoms with E-state index in [1.165, 1.54) is 4.90 Å². The first-order valence-corrected chi connectivity index (χ1v) is 8.13. The summed E-state index contributed by atoms with van der Waals surface area (Å²) < 4.78 is 5.24. The molecule has 138 valence electrons. The molecule has 3 heterocycles. The number of hydrogen-bond donors (Lipinski definition) is 2. The number of amides is 1. The van der Waals surface area contributed by atoms with E-state index in [1.807, 2.05) is 37.4 Å². The van der Waals surface area contributed by atoms with Gasteiger partial charge in [-0.05, 0) is 12.1 Å². The molecule has 0 aliphatic carbocycles. The molecule has 0 spiro atoms. The molecule has 0 bridgehead atoms. The molecule has 1 fully saturated rings. The van der Waals surface area contributed by atoms with Gasteiger partial charge in [-0.3, -0.25) is 0 Å². The quantitative estimate of drug-likeness (QED) is 0.691. The molecule has 2 aromatic heterocycles. The van der Waals surface area contributed by atoms with Crippen LogP contribution in [0.5, 0.6) is 0 Å². The van der Waals surface area contributed by atoms with E-state index in [2.05, 4.69) is 25.1 Å². The number of para-hydroxylation sites is 1. The van der Waals surface area contributed by atoms with Crippen LogP contribution in [0.1, 0.15) is 11.8 Å². The van der Waals surface area contributed by atoms with Crippen LogP contribution in [0.4, 0.5) is 22.4 Å². The van der Waals surface area contributed by atoms with Crippen molar-refractivity contribution in [3.8, 4) is 11.6 Å². The van der Waals surface area contributed by atoms with Gasteiger partial charge >= 0.3 is 6.09 Å². The summed E-state index contributed by atoms with van der Waals surface area (Å²) in [6, 6.07) is 9.55. The lowest BCUT2D eigenvalue weighted by atomic mass is 10.0. The first-order valence-electron chi connectivity index (χ1n) is 8.13. The van der Waals surface area contributed by atoms with Crippen molar-refractivity contribution in [2.24, 2.45) is 0 Å². The summed E-state index contributed by atoms with van der Waals surface area (Å²) in [5.74, 6) is 0.952. The second-order valence-corrected chi connectivity index (χ2v) is 6.05. The number of nitrogen functional groups attached to an aromatic ring is 1. The van der Waals surface area contributed by atoms with E-state index in [9.17, 15) is 4.79 Å². The molecule has 1 amide bonds. The van der Waals surface area contributed by atoms with Crippen molar-refractivity contribution in [1.82, 2.24) is 30.0 Å². The Hall–Kier alpha value is -3.76. The molecule has 1 saturated heterocycles. The molecular formula is C16H16N8O3. The molecule has 11 heteroatoms. The molecule has 3 aromatic rings. The molecule has 0 radical (unpaired) electrons. The van der Waals surface area contributed by atoms with Gasteiger partial charge in [-0.25, -0.2) is 4.79 Å². The molecule has 0 unspecified atom stereocenters. The lowest BCUT2D eigenvalue weighted by Crippen LogP contribution is -2.47. The molecule has 0 saturated carbocycles. The lowest BCUT2D eigenvalue weighted by molar-refractivity contribution is 0.0959. The summed E-state index contributed by atoms with van der Waals surface area (Å²) in [5, 5.41) is 12.8. The lowest BCUT2D eigenvalue weighted by Gasteiger charge is -2.34. The summed E-state index contributed by atoms with van der Waals surface area (Å²) in [7, 11) is 1.81. The van der Waals surface area contributed by atoms with Gasteiger partial charge in [0.2, 0.25) is 29.4 Å². The number of nitrogens with two attached hydrogens (primary N) is 1. The number of carboxylic acid groups (broad SMARTS) is 1. The van der Waals surface area contributed by atoms with Crippen molar-refractivity contribution < 1.29 is 14.4 Å². The van der Waals surface area contributed by atoms with Crippen molar-refractivity contribution in [1.29, 1.82) is 0 Å². The van der Waals surface area contributed by atoms with Gasteiger partial charge in [-0.2, -0.15) is 19.9 Å². The second kappa shape index (κ2) is 6.52. The monoisotopic (exact) mass is 368 g/mol. The summed E-state index contributed by atoms with van der Waals surface area (Å²) in [4.78, 5) is 30.8. The summed E-state index contributed by atoms with van der Waals surface area (Å²) in [5.41, 5.74) is 6.70. The normalized spacial score (nSPS) is 14.0. The zero-order valence-electron chi connectivity index (χ0n) is 14.3. The molecule has 11 nitrogen and oxygen atoms in total. The van der Waals surface area contributed by atoms with Crippen LogP contribution in [-0.4, -0.2) is 61.3 Å². The second-order valence-electron chi connectivity index (χ2n) is 6.05. The van der Waals surface area contributed by atoms with Crippen LogP contribution < -0.4 is 10.6 Å². The van der Waals surface area contributed by atoms with Crippen LogP contribution in [0, 0.1) is 0 Å². The molecule has 4 rings (SSSR count). The zero-order valence-corrected chi connectivity index (χ0v) is 14.3. The van der Waals surface area contributed by atoms with E-state index in [4.69, 9.17) is 15.4 Å². The Morgan fingerprint density at radius 1 is 1.19 bits per heavy atom. The van der Waals surface area contributed by atoms with E-state index in [-0.39, 0.29) is 23.5 Å². The maximum absolute atomic E-state index is 10.9. The number of nitrogens with zero attached hydrogens (tertiary/aromatic N) is 7. The van der Waals surface area contributed by atoms with Gasteiger partial charge in [0.1, 0.15) is 0 Å². The van der Waals surface area contributed by atoms with Crippen molar-refractivity contribution >= 4 is 23.7 Å². The SMILES string of the molecule is CN(c1ccccc1)c1nc(N)nc(-c2noc(C3CN(C(=O)O)C3)n2)n1. The minimum absolute atomic E-state index is 0.0322. The Labute approximate surface area is 153 Å². The highest BCUT2D eigenvalue weighted by atomic mass is 16.5. The Balaban J connectivity index is 1.58. The minimum Gasteiger partial charge on any atom is -0.465 e. The third kappa shape index (κ3) is 3.21. The van der Waals surface area contributed by atoms with Crippen LogP contribution in [0.2, 0.25) is 0 Å². The van der Waals surface area contributed by atoms with Crippen molar-refractivity contribution in [3.63, 3.8) is 0 Å². The molecule has 3 N–H and O–H groups in total. The highest BCUT2D eigenvalue weighted by Gasteiger charge is 2.35. The maximum atomic E-state index is 10.9. The number of likely N-dealkylation sites (tertiary alicyclic amines) is 1. The third-order valence-corrected chi connectivity index (χ3v) is 4.23. The Morgan fingerprint density at radius 2 is 1.93 bits per heavy atom. The number of anilines is 3. The smallest absolute Gasteiger partial charge is 0.407 e. The number of rotatable bonds is 4.